The van der Waals surface area contributed by atoms with Crippen molar-refractivity contribution in [3.63, 3.8) is 0 Å². The summed E-state index contributed by atoms with van der Waals surface area (Å²) in [6, 6.07) is 69.5. The minimum Gasteiger partial charge on any atom is -0.557 e. The van der Waals surface area contributed by atoms with E-state index in [1.807, 2.05) is 60.7 Å². The van der Waals surface area contributed by atoms with Crippen molar-refractivity contribution >= 4 is 22.0 Å². The van der Waals surface area contributed by atoms with Gasteiger partial charge in [0, 0.05) is 49.3 Å². The summed E-state index contributed by atoms with van der Waals surface area (Å²) < 4.78 is 8.32. The van der Waals surface area contributed by atoms with Crippen LogP contribution in [0.3, 0.4) is 0 Å². The zero-order valence-electron chi connectivity index (χ0n) is 29.6. The molecule has 7 aromatic carbocycles. The first-order valence-electron chi connectivity index (χ1n) is 17.9. The maximum atomic E-state index is 6.03. The van der Waals surface area contributed by atoms with Crippen molar-refractivity contribution < 1.29 is 24.5 Å². The number of aromatic nitrogens is 3. The van der Waals surface area contributed by atoms with Gasteiger partial charge in [0.05, 0.1) is 22.5 Å². The molecule has 1 radical (unpaired) electrons. The van der Waals surface area contributed by atoms with Gasteiger partial charge < -0.3 is 14.0 Å². The van der Waals surface area contributed by atoms with Crippen LogP contribution in [0.4, 0.5) is 0 Å². The van der Waals surface area contributed by atoms with Crippen LogP contribution < -0.4 is 0 Å². The number of hydrogen-bond donors (Lipinski definition) is 0. The van der Waals surface area contributed by atoms with Gasteiger partial charge in [-0.1, -0.05) is 163 Å². The van der Waals surface area contributed by atoms with Crippen LogP contribution in [0, 0.1) is 12.3 Å². The molecule has 0 unspecified atom stereocenters. The topological polar surface area (TPSA) is 43.9 Å². The number of rotatable bonds is 6. The van der Waals surface area contributed by atoms with Gasteiger partial charge in [0.1, 0.15) is 0 Å². The van der Waals surface area contributed by atoms with Crippen LogP contribution in [-0.4, -0.2) is 14.5 Å². The van der Waals surface area contributed by atoms with Crippen molar-refractivity contribution in [1.29, 1.82) is 0 Å². The van der Waals surface area contributed by atoms with Gasteiger partial charge in [-0.2, -0.15) is 0 Å². The molecule has 10 aromatic rings. The monoisotopic (exact) mass is 884 g/mol. The fourth-order valence-corrected chi connectivity index (χ4v) is 6.93. The Hall–Kier alpha value is -6.65. The molecule has 0 fully saturated rings. The predicted molar refractivity (Wildman–Crippen MR) is 220 cm³/mol. The Morgan fingerprint density at radius 2 is 1.16 bits per heavy atom. The molecule has 265 valence electrons. The zero-order chi connectivity index (χ0) is 36.1. The molecule has 0 bridgehead atoms. The summed E-state index contributed by atoms with van der Waals surface area (Å²) in [4.78, 5) is 9.44. The molecule has 0 aliphatic carbocycles. The summed E-state index contributed by atoms with van der Waals surface area (Å²) in [6.45, 7) is 0. The first-order valence-corrected chi connectivity index (χ1v) is 17.9. The van der Waals surface area contributed by atoms with Gasteiger partial charge in [-0.25, -0.2) is 0 Å². The minimum absolute atomic E-state index is 0. The Labute approximate surface area is 333 Å². The Morgan fingerprint density at radius 1 is 0.527 bits per heavy atom. The molecule has 0 N–H and O–H groups in total. The fraction of sp³-hybridized carbons (Fsp3) is 0. The first kappa shape index (κ1) is 35.4. The van der Waals surface area contributed by atoms with E-state index >= 15 is 0 Å². The zero-order valence-corrected chi connectivity index (χ0v) is 32.0. The molecule has 0 aliphatic rings. The van der Waals surface area contributed by atoms with Gasteiger partial charge in [-0.05, 0) is 46.1 Å². The van der Waals surface area contributed by atoms with E-state index in [-0.39, 0.29) is 20.1 Å². The number of pyridine rings is 1. The van der Waals surface area contributed by atoms with Gasteiger partial charge >= 0.3 is 0 Å². The van der Waals surface area contributed by atoms with Crippen molar-refractivity contribution in [3.05, 3.63) is 213 Å². The average Bonchev–Trinajstić information content (AvgIpc) is 3.86. The van der Waals surface area contributed by atoms with Crippen LogP contribution in [-0.2, 0) is 20.1 Å². The number of hydrogen-bond acceptors (Lipinski definition) is 3. The second-order valence-corrected chi connectivity index (χ2v) is 12.8. The third-order valence-corrected chi connectivity index (χ3v) is 9.48. The molecule has 4 nitrogen and oxygen atoms in total. The summed E-state index contributed by atoms with van der Waals surface area (Å²) in [5.41, 5.74) is 13.4. The minimum atomic E-state index is 0. The fourth-order valence-electron chi connectivity index (χ4n) is 6.93. The quantitative estimate of drug-likeness (QED) is 0.156. The van der Waals surface area contributed by atoms with Crippen LogP contribution in [0.15, 0.2) is 205 Å². The molecule has 3 aromatic heterocycles. The standard InChI is InChI=1S/C39H25N2O.C11H8N.Ir/c1-4-13-27(14-5-1)30-23-24-37-33(25-30)34(26-42-37)39-40-35-21-10-11-22-36(35)41(39)38-31(28-15-6-2-7-16-28)19-12-20-32(38)29-17-8-3-9-18-29;1-2-6-10(7-3-1)11-8-4-5-9-12-11;/h1-25H;1-6,8-9H;/q2*-1;. The molecule has 0 spiro atoms. The van der Waals surface area contributed by atoms with Crippen molar-refractivity contribution in [2.24, 2.45) is 0 Å². The van der Waals surface area contributed by atoms with Gasteiger partial charge in [0.25, 0.3) is 0 Å². The van der Waals surface area contributed by atoms with Crippen LogP contribution >= 0.6 is 0 Å². The van der Waals surface area contributed by atoms with E-state index in [0.29, 0.717) is 0 Å². The Kier molecular flexibility index (Phi) is 10.4. The van der Waals surface area contributed by atoms with Gasteiger partial charge in [-0.15, -0.1) is 35.9 Å². The van der Waals surface area contributed by atoms with E-state index in [4.69, 9.17) is 9.40 Å². The van der Waals surface area contributed by atoms with E-state index in [2.05, 4.69) is 155 Å². The summed E-state index contributed by atoms with van der Waals surface area (Å²) in [5, 5.41) is 0.978. The number of imidazole rings is 1. The maximum absolute atomic E-state index is 6.03. The first-order chi connectivity index (χ1) is 26.8. The van der Waals surface area contributed by atoms with Crippen molar-refractivity contribution in [1.82, 2.24) is 14.5 Å². The molecule has 55 heavy (non-hydrogen) atoms. The molecule has 0 saturated carbocycles. The molecule has 0 aliphatic heterocycles. The van der Waals surface area contributed by atoms with Crippen LogP contribution in [0.1, 0.15) is 0 Å². The number of para-hydroxylation sites is 3. The predicted octanol–water partition coefficient (Wildman–Crippen LogP) is 12.8. The molecule has 3 heterocycles. The second kappa shape index (κ2) is 16.2. The summed E-state index contributed by atoms with van der Waals surface area (Å²) in [5.74, 6) is 0.792. The number of nitrogens with zero attached hydrogens (tertiary/aromatic N) is 3. The van der Waals surface area contributed by atoms with Crippen molar-refractivity contribution in [2.45, 2.75) is 0 Å². The molecular formula is C50H33IrN3O-2. The van der Waals surface area contributed by atoms with Crippen molar-refractivity contribution in [3.8, 4) is 61.7 Å². The van der Waals surface area contributed by atoms with E-state index in [9.17, 15) is 0 Å². The van der Waals surface area contributed by atoms with E-state index in [1.54, 1.807) is 6.20 Å². The van der Waals surface area contributed by atoms with E-state index < -0.39 is 0 Å². The van der Waals surface area contributed by atoms with Gasteiger partial charge in [0.15, 0.2) is 0 Å². The van der Waals surface area contributed by atoms with Crippen LogP contribution in [0.5, 0.6) is 0 Å². The maximum Gasteiger partial charge on any atom is 0.0774 e. The normalized spacial score (nSPS) is 10.8. The van der Waals surface area contributed by atoms with Gasteiger partial charge in [-0.3, -0.25) is 4.98 Å². The summed E-state index contributed by atoms with van der Waals surface area (Å²) in [7, 11) is 0. The second-order valence-electron chi connectivity index (χ2n) is 12.8. The van der Waals surface area contributed by atoms with E-state index in [0.717, 1.165) is 83.7 Å². The van der Waals surface area contributed by atoms with Gasteiger partial charge in [0.2, 0.25) is 0 Å². The molecule has 0 atom stereocenters. The molecular weight excluding hydrogens is 851 g/mol. The van der Waals surface area contributed by atoms with Crippen molar-refractivity contribution in [2.75, 3.05) is 0 Å². The Balaban J connectivity index is 0.000000280. The average molecular weight is 884 g/mol. The largest absolute Gasteiger partial charge is 0.557 e. The third kappa shape index (κ3) is 7.19. The molecule has 5 heteroatoms. The molecule has 0 saturated heterocycles. The van der Waals surface area contributed by atoms with Crippen LogP contribution in [0.25, 0.3) is 83.7 Å². The Bertz CT molecular complexity index is 2700. The van der Waals surface area contributed by atoms with E-state index in [1.165, 1.54) is 0 Å². The molecule has 0 amide bonds. The molecule has 10 rings (SSSR count). The van der Waals surface area contributed by atoms with Crippen LogP contribution in [0.2, 0.25) is 0 Å². The number of furan rings is 1. The Morgan fingerprint density at radius 3 is 1.82 bits per heavy atom. The smallest absolute Gasteiger partial charge is 0.0774 e. The summed E-state index contributed by atoms with van der Waals surface area (Å²) >= 11 is 0. The third-order valence-electron chi connectivity index (χ3n) is 9.48. The SMILES string of the molecule is [Ir].[c-]1ccccc1-c1ccccn1.[c-]1oc2ccc(-c3ccccc3)cc2c1-c1nc2ccccc2n1-c1c(-c2ccccc2)cccc1-c1ccccc1. The number of benzene rings is 7. The summed E-state index contributed by atoms with van der Waals surface area (Å²) in [6.07, 6.45) is 5.03. The number of fused-ring (bicyclic) bond motifs is 2.